The van der Waals surface area contributed by atoms with Gasteiger partial charge in [0, 0.05) is 6.20 Å². The van der Waals surface area contributed by atoms with Crippen LogP contribution in [0.25, 0.3) is 0 Å². The Morgan fingerprint density at radius 3 is 2.77 bits per heavy atom. The largest absolute Gasteiger partial charge is 0.319 e. The van der Waals surface area contributed by atoms with Gasteiger partial charge in [-0.3, -0.25) is 19.4 Å². The zero-order valence-electron chi connectivity index (χ0n) is 14.8. The molecule has 4 rings (SSSR count). The van der Waals surface area contributed by atoms with Crippen LogP contribution in [0.2, 0.25) is 0 Å². The van der Waals surface area contributed by atoms with Crippen molar-refractivity contribution in [1.29, 1.82) is 0 Å². The number of carbonyl (C=O) groups excluding carboxylic acids is 2. The molecule has 0 spiro atoms. The predicted molar refractivity (Wildman–Crippen MR) is 101 cm³/mol. The minimum Gasteiger partial charge on any atom is -0.319 e. The lowest BCUT2D eigenvalue weighted by Crippen LogP contribution is -2.42. The molecule has 2 aliphatic rings. The van der Waals surface area contributed by atoms with E-state index < -0.39 is 0 Å². The van der Waals surface area contributed by atoms with Gasteiger partial charge in [0.25, 0.3) is 5.91 Å². The highest BCUT2D eigenvalue weighted by Crippen LogP contribution is 2.36. The summed E-state index contributed by atoms with van der Waals surface area (Å²) in [4.78, 5) is 34.0. The van der Waals surface area contributed by atoms with Gasteiger partial charge in [0.15, 0.2) is 5.82 Å². The molecular weight excluding hydrogens is 328 g/mol. The SMILES string of the molecule is CC1CCN(CC(=O)N2c3ccccc3C(=O)Nc3cccnc32)CC1. The second kappa shape index (κ2) is 6.88. The Labute approximate surface area is 152 Å². The highest BCUT2D eigenvalue weighted by molar-refractivity contribution is 6.17. The van der Waals surface area contributed by atoms with Crippen LogP contribution in [0.1, 0.15) is 30.1 Å². The number of para-hydroxylation sites is 1. The number of nitrogens with one attached hydrogen (secondary N) is 1. The Morgan fingerprint density at radius 2 is 1.96 bits per heavy atom. The van der Waals surface area contributed by atoms with E-state index in [1.54, 1.807) is 41.4 Å². The number of hydrogen-bond acceptors (Lipinski definition) is 4. The number of carbonyl (C=O) groups is 2. The number of anilines is 3. The number of hydrogen-bond donors (Lipinski definition) is 1. The fourth-order valence-electron chi connectivity index (χ4n) is 3.57. The second-order valence-electron chi connectivity index (χ2n) is 7.03. The van der Waals surface area contributed by atoms with Crippen LogP contribution in [0.15, 0.2) is 42.6 Å². The van der Waals surface area contributed by atoms with Crippen molar-refractivity contribution in [3.05, 3.63) is 48.2 Å². The zero-order chi connectivity index (χ0) is 18.1. The van der Waals surface area contributed by atoms with Crippen molar-refractivity contribution in [3.63, 3.8) is 0 Å². The van der Waals surface area contributed by atoms with E-state index in [9.17, 15) is 9.59 Å². The molecule has 1 saturated heterocycles. The van der Waals surface area contributed by atoms with E-state index in [1.807, 2.05) is 6.07 Å². The Morgan fingerprint density at radius 1 is 1.19 bits per heavy atom. The van der Waals surface area contributed by atoms with E-state index in [1.165, 1.54) is 0 Å². The van der Waals surface area contributed by atoms with Crippen LogP contribution in [0.5, 0.6) is 0 Å². The molecule has 0 bridgehead atoms. The molecule has 3 heterocycles. The molecule has 1 N–H and O–H groups in total. The molecule has 6 heteroatoms. The van der Waals surface area contributed by atoms with Crippen LogP contribution >= 0.6 is 0 Å². The van der Waals surface area contributed by atoms with Crippen molar-refractivity contribution in [2.75, 3.05) is 29.9 Å². The maximum absolute atomic E-state index is 13.2. The summed E-state index contributed by atoms with van der Waals surface area (Å²) in [7, 11) is 0. The minimum atomic E-state index is -0.225. The van der Waals surface area contributed by atoms with E-state index in [4.69, 9.17) is 0 Å². The maximum Gasteiger partial charge on any atom is 0.257 e. The summed E-state index contributed by atoms with van der Waals surface area (Å²) in [5.74, 6) is 0.894. The number of pyridine rings is 1. The van der Waals surface area contributed by atoms with Gasteiger partial charge in [-0.05, 0) is 56.1 Å². The number of benzene rings is 1. The maximum atomic E-state index is 13.2. The van der Waals surface area contributed by atoms with E-state index in [-0.39, 0.29) is 11.8 Å². The molecular formula is C20H22N4O2. The monoisotopic (exact) mass is 350 g/mol. The van der Waals surface area contributed by atoms with Gasteiger partial charge in [0.1, 0.15) is 0 Å². The Balaban J connectivity index is 1.71. The van der Waals surface area contributed by atoms with Crippen LogP contribution in [-0.2, 0) is 4.79 Å². The first kappa shape index (κ1) is 16.7. The average molecular weight is 350 g/mol. The number of amides is 2. The van der Waals surface area contributed by atoms with Crippen molar-refractivity contribution in [3.8, 4) is 0 Å². The van der Waals surface area contributed by atoms with Gasteiger partial charge < -0.3 is 5.32 Å². The first-order valence-corrected chi connectivity index (χ1v) is 9.04. The molecule has 0 aliphatic carbocycles. The number of piperidine rings is 1. The van der Waals surface area contributed by atoms with Gasteiger partial charge in [0.2, 0.25) is 5.91 Å². The van der Waals surface area contributed by atoms with Crippen LogP contribution in [0.4, 0.5) is 17.2 Å². The van der Waals surface area contributed by atoms with E-state index in [0.29, 0.717) is 35.2 Å². The summed E-state index contributed by atoms with van der Waals surface area (Å²) in [5.41, 5.74) is 1.61. The van der Waals surface area contributed by atoms with Gasteiger partial charge in [-0.15, -0.1) is 0 Å². The molecule has 6 nitrogen and oxygen atoms in total. The topological polar surface area (TPSA) is 65.5 Å². The normalized spacial score (nSPS) is 17.9. The van der Waals surface area contributed by atoms with Crippen LogP contribution in [0, 0.1) is 5.92 Å². The molecule has 1 aromatic heterocycles. The third kappa shape index (κ3) is 3.08. The molecule has 2 aromatic rings. The fraction of sp³-hybridized carbons (Fsp3) is 0.350. The lowest BCUT2D eigenvalue weighted by atomic mass is 9.99. The average Bonchev–Trinajstić information content (AvgIpc) is 2.77. The molecule has 2 aliphatic heterocycles. The second-order valence-corrected chi connectivity index (χ2v) is 7.03. The van der Waals surface area contributed by atoms with E-state index in [0.717, 1.165) is 25.9 Å². The van der Waals surface area contributed by atoms with Gasteiger partial charge >= 0.3 is 0 Å². The summed E-state index contributed by atoms with van der Waals surface area (Å²) >= 11 is 0. The lowest BCUT2D eigenvalue weighted by molar-refractivity contribution is -0.119. The minimum absolute atomic E-state index is 0.0662. The standard InChI is InChI=1S/C20H22N4O2/c1-14-8-11-23(12-9-14)13-18(25)24-17-7-3-2-5-15(17)20(26)22-16-6-4-10-21-19(16)24/h2-7,10,14H,8-9,11-13H2,1H3,(H,22,26). The van der Waals surface area contributed by atoms with Crippen molar-refractivity contribution in [2.24, 2.45) is 5.92 Å². The Hall–Kier alpha value is -2.73. The Kier molecular flexibility index (Phi) is 4.42. The lowest BCUT2D eigenvalue weighted by Gasteiger charge is -2.31. The van der Waals surface area contributed by atoms with Crippen molar-refractivity contribution < 1.29 is 9.59 Å². The summed E-state index contributed by atoms with van der Waals surface area (Å²) in [6.45, 7) is 4.43. The van der Waals surface area contributed by atoms with Gasteiger partial charge in [-0.1, -0.05) is 19.1 Å². The van der Waals surface area contributed by atoms with Crippen molar-refractivity contribution in [1.82, 2.24) is 9.88 Å². The van der Waals surface area contributed by atoms with Gasteiger partial charge in [0.05, 0.1) is 23.5 Å². The molecule has 0 atom stereocenters. The molecule has 26 heavy (non-hydrogen) atoms. The van der Waals surface area contributed by atoms with Crippen LogP contribution in [-0.4, -0.2) is 41.3 Å². The summed E-state index contributed by atoms with van der Waals surface area (Å²) in [6, 6.07) is 10.7. The molecule has 2 amide bonds. The first-order chi connectivity index (χ1) is 12.6. The summed E-state index contributed by atoms with van der Waals surface area (Å²) in [6.07, 6.45) is 3.86. The van der Waals surface area contributed by atoms with Crippen molar-refractivity contribution >= 4 is 29.0 Å². The highest BCUT2D eigenvalue weighted by Gasteiger charge is 2.31. The molecule has 1 aromatic carbocycles. The summed E-state index contributed by atoms with van der Waals surface area (Å²) < 4.78 is 0. The third-order valence-electron chi connectivity index (χ3n) is 5.12. The smallest absolute Gasteiger partial charge is 0.257 e. The van der Waals surface area contributed by atoms with Crippen molar-refractivity contribution in [2.45, 2.75) is 19.8 Å². The third-order valence-corrected chi connectivity index (χ3v) is 5.12. The summed E-state index contributed by atoms with van der Waals surface area (Å²) in [5, 5.41) is 2.86. The predicted octanol–water partition coefficient (Wildman–Crippen LogP) is 3.04. The van der Waals surface area contributed by atoms with E-state index in [2.05, 4.69) is 22.1 Å². The van der Waals surface area contributed by atoms with E-state index >= 15 is 0 Å². The quantitative estimate of drug-likeness (QED) is 0.904. The zero-order valence-corrected chi connectivity index (χ0v) is 14.8. The fourth-order valence-corrected chi connectivity index (χ4v) is 3.57. The molecule has 0 saturated carbocycles. The molecule has 134 valence electrons. The van der Waals surface area contributed by atoms with Crippen LogP contribution in [0.3, 0.4) is 0 Å². The highest BCUT2D eigenvalue weighted by atomic mass is 16.2. The molecule has 0 unspecified atom stereocenters. The number of nitrogens with zero attached hydrogens (tertiary/aromatic N) is 3. The van der Waals surface area contributed by atoms with Gasteiger partial charge in [-0.25, -0.2) is 4.98 Å². The van der Waals surface area contributed by atoms with Gasteiger partial charge in [-0.2, -0.15) is 0 Å². The van der Waals surface area contributed by atoms with Crippen LogP contribution < -0.4 is 10.2 Å². The number of rotatable bonds is 2. The number of aromatic nitrogens is 1. The number of fused-ring (bicyclic) bond motifs is 2. The molecule has 1 fully saturated rings. The molecule has 0 radical (unpaired) electrons. The Bertz CT molecular complexity index is 843. The number of likely N-dealkylation sites (tertiary alicyclic amines) is 1. The first-order valence-electron chi connectivity index (χ1n) is 9.04.